The Morgan fingerprint density at radius 2 is 1.87 bits per heavy atom. The minimum Gasteiger partial charge on any atom is -0.325 e. The van der Waals surface area contributed by atoms with E-state index in [9.17, 15) is 9.59 Å². The van der Waals surface area contributed by atoms with Crippen molar-refractivity contribution >= 4 is 35.4 Å². The molecule has 2 unspecified atom stereocenters. The van der Waals surface area contributed by atoms with E-state index in [1.54, 1.807) is 11.0 Å². The fraction of sp³-hybridized carbons (Fsp3) is 0.360. The molecule has 1 aliphatic heterocycles. The molecule has 0 aliphatic carbocycles. The Hall–Kier alpha value is -2.10. The minimum atomic E-state index is -0.645. The predicted octanol–water partition coefficient (Wildman–Crippen LogP) is 6.61. The number of halogens is 2. The molecular weight excluding hydrogens is 417 g/mol. The first-order valence-electron chi connectivity index (χ1n) is 10.2. The van der Waals surface area contributed by atoms with Gasteiger partial charge >= 0.3 is 0 Å². The highest BCUT2D eigenvalue weighted by Gasteiger charge is 2.50. The Morgan fingerprint density at radius 1 is 1.17 bits per heavy atom. The van der Waals surface area contributed by atoms with Gasteiger partial charge in [-0.05, 0) is 54.7 Å². The maximum Gasteiger partial charge on any atom is 0.229 e. The Morgan fingerprint density at radius 3 is 2.43 bits per heavy atom. The van der Waals surface area contributed by atoms with Gasteiger partial charge in [-0.1, -0.05) is 67.4 Å². The van der Waals surface area contributed by atoms with Crippen LogP contribution in [-0.2, 0) is 9.59 Å². The molecule has 4 atom stereocenters. The lowest BCUT2D eigenvalue weighted by Crippen LogP contribution is -2.55. The van der Waals surface area contributed by atoms with E-state index < -0.39 is 11.5 Å². The smallest absolute Gasteiger partial charge is 0.229 e. The molecule has 0 spiro atoms. The number of nitrogens with zero attached hydrogens (tertiary/aromatic N) is 1. The quantitative estimate of drug-likeness (QED) is 0.356. The van der Waals surface area contributed by atoms with E-state index in [1.165, 1.54) is 0 Å². The summed E-state index contributed by atoms with van der Waals surface area (Å²) in [6.45, 7) is 7.77. The maximum absolute atomic E-state index is 13.8. The molecule has 0 radical (unpaired) electrons. The van der Waals surface area contributed by atoms with E-state index in [0.29, 0.717) is 29.3 Å². The number of allylic oxidation sites excluding steroid dienone is 1. The zero-order chi connectivity index (χ0) is 21.9. The van der Waals surface area contributed by atoms with Gasteiger partial charge in [-0.3, -0.25) is 4.79 Å². The largest absolute Gasteiger partial charge is 0.325 e. The molecule has 30 heavy (non-hydrogen) atoms. The fourth-order valence-electron chi connectivity index (χ4n) is 4.61. The van der Waals surface area contributed by atoms with Gasteiger partial charge in [-0.2, -0.15) is 0 Å². The summed E-state index contributed by atoms with van der Waals surface area (Å²) in [7, 11) is 0. The van der Waals surface area contributed by atoms with Crippen molar-refractivity contribution in [1.82, 2.24) is 4.90 Å². The van der Waals surface area contributed by atoms with Crippen LogP contribution in [-0.4, -0.2) is 23.1 Å². The van der Waals surface area contributed by atoms with Gasteiger partial charge in [0.2, 0.25) is 5.91 Å². The summed E-state index contributed by atoms with van der Waals surface area (Å²) in [5, 5.41) is 1.28. The molecule has 0 saturated carbocycles. The number of aldehydes is 1. The van der Waals surface area contributed by atoms with Crippen LogP contribution < -0.4 is 0 Å². The van der Waals surface area contributed by atoms with Crippen LogP contribution in [0, 0.1) is 5.41 Å². The van der Waals surface area contributed by atoms with Crippen LogP contribution in [0.4, 0.5) is 0 Å². The van der Waals surface area contributed by atoms with Crippen LogP contribution in [0.3, 0.4) is 0 Å². The van der Waals surface area contributed by atoms with Crippen molar-refractivity contribution in [3.05, 3.63) is 82.4 Å². The number of likely N-dealkylation sites (tertiary alicyclic amines) is 1. The lowest BCUT2D eigenvalue weighted by atomic mass is 9.67. The summed E-state index contributed by atoms with van der Waals surface area (Å²) in [4.78, 5) is 27.6. The van der Waals surface area contributed by atoms with Crippen molar-refractivity contribution in [1.29, 1.82) is 0 Å². The maximum atomic E-state index is 13.8. The zero-order valence-electron chi connectivity index (χ0n) is 17.4. The number of amides is 1. The van der Waals surface area contributed by atoms with Crippen molar-refractivity contribution in [3.63, 3.8) is 0 Å². The minimum absolute atomic E-state index is 0.0143. The third-order valence-corrected chi connectivity index (χ3v) is 6.61. The third-order valence-electron chi connectivity index (χ3n) is 6.12. The van der Waals surface area contributed by atoms with E-state index in [2.05, 4.69) is 6.58 Å². The predicted molar refractivity (Wildman–Crippen MR) is 123 cm³/mol. The van der Waals surface area contributed by atoms with Crippen LogP contribution in [0.15, 0.2) is 61.2 Å². The summed E-state index contributed by atoms with van der Waals surface area (Å²) >= 11 is 12.5. The van der Waals surface area contributed by atoms with Gasteiger partial charge in [0.1, 0.15) is 6.29 Å². The number of piperidine rings is 1. The van der Waals surface area contributed by atoms with Crippen molar-refractivity contribution in [2.24, 2.45) is 5.41 Å². The number of rotatable bonds is 7. The van der Waals surface area contributed by atoms with Crippen LogP contribution in [0.2, 0.25) is 10.0 Å². The van der Waals surface area contributed by atoms with Gasteiger partial charge in [0, 0.05) is 16.0 Å². The average molecular weight is 444 g/mol. The van der Waals surface area contributed by atoms with Crippen LogP contribution >= 0.6 is 23.2 Å². The van der Waals surface area contributed by atoms with E-state index in [0.717, 1.165) is 17.4 Å². The van der Waals surface area contributed by atoms with Crippen molar-refractivity contribution < 1.29 is 9.59 Å². The van der Waals surface area contributed by atoms with Crippen molar-refractivity contribution in [3.8, 4) is 0 Å². The summed E-state index contributed by atoms with van der Waals surface area (Å²) in [6.07, 6.45) is 4.40. The van der Waals surface area contributed by atoms with Gasteiger partial charge in [0.15, 0.2) is 0 Å². The molecule has 158 valence electrons. The first-order valence-corrected chi connectivity index (χ1v) is 11.0. The Kier molecular flexibility index (Phi) is 7.05. The van der Waals surface area contributed by atoms with Crippen LogP contribution in [0.1, 0.15) is 56.2 Å². The molecule has 5 heteroatoms. The molecule has 0 N–H and O–H groups in total. The molecular formula is C25H27Cl2NO2. The Balaban J connectivity index is 2.23. The molecule has 0 bridgehead atoms. The Bertz CT molecular complexity index is 927. The van der Waals surface area contributed by atoms with Crippen molar-refractivity contribution in [2.45, 2.75) is 51.1 Å². The number of carbonyl (C=O) groups excluding carboxylic acids is 2. The first kappa shape index (κ1) is 22.6. The molecule has 0 aromatic heterocycles. The molecule has 1 heterocycles. The number of hydrogen-bond donors (Lipinski definition) is 0. The van der Waals surface area contributed by atoms with Gasteiger partial charge < -0.3 is 9.69 Å². The SMILES string of the molecule is C=CC[C@@]1(C)CC(c2cccc(Cl)c2)[C@@H](c2ccc(Cl)cc2)N(C(C=O)CC)C1=O. The highest BCUT2D eigenvalue weighted by molar-refractivity contribution is 6.30. The second kappa shape index (κ2) is 9.36. The molecule has 2 aromatic carbocycles. The average Bonchev–Trinajstić information content (AvgIpc) is 2.73. The first-order chi connectivity index (χ1) is 14.3. The van der Waals surface area contributed by atoms with E-state index in [1.807, 2.05) is 62.4 Å². The van der Waals surface area contributed by atoms with Crippen LogP contribution in [0.5, 0.6) is 0 Å². The second-order valence-corrected chi connectivity index (χ2v) is 9.11. The monoisotopic (exact) mass is 443 g/mol. The zero-order valence-corrected chi connectivity index (χ0v) is 18.9. The molecule has 1 fully saturated rings. The highest BCUT2D eigenvalue weighted by Crippen LogP contribution is 2.52. The summed E-state index contributed by atoms with van der Waals surface area (Å²) in [6, 6.07) is 14.5. The van der Waals surface area contributed by atoms with Gasteiger partial charge in [-0.15, -0.1) is 6.58 Å². The van der Waals surface area contributed by atoms with E-state index in [-0.39, 0.29) is 17.9 Å². The fourth-order valence-corrected chi connectivity index (χ4v) is 4.94. The van der Waals surface area contributed by atoms with E-state index >= 15 is 0 Å². The molecule has 1 aliphatic rings. The standard InChI is InChI=1S/C25H27Cl2NO2/c1-4-13-25(3)15-22(18-7-6-8-20(27)14-18)23(17-9-11-19(26)12-10-17)28(24(25)30)21(5-2)16-29/h4,6-12,14,16,21-23H,1,5,13,15H2,2-3H3/t21?,22?,23-,25+/m1/s1. The molecule has 2 aromatic rings. The van der Waals surface area contributed by atoms with E-state index in [4.69, 9.17) is 23.2 Å². The second-order valence-electron chi connectivity index (χ2n) is 8.24. The molecule has 3 nitrogen and oxygen atoms in total. The summed E-state index contributed by atoms with van der Waals surface area (Å²) < 4.78 is 0. The van der Waals surface area contributed by atoms with Gasteiger partial charge in [0.05, 0.1) is 17.5 Å². The van der Waals surface area contributed by atoms with Crippen molar-refractivity contribution in [2.75, 3.05) is 0 Å². The summed E-state index contributed by atoms with van der Waals surface area (Å²) in [5.41, 5.74) is 1.36. The molecule has 3 rings (SSSR count). The van der Waals surface area contributed by atoms with Gasteiger partial charge in [-0.25, -0.2) is 0 Å². The number of carbonyl (C=O) groups is 2. The number of benzene rings is 2. The molecule has 1 saturated heterocycles. The lowest BCUT2D eigenvalue weighted by molar-refractivity contribution is -0.156. The highest BCUT2D eigenvalue weighted by atomic mass is 35.5. The summed E-state index contributed by atoms with van der Waals surface area (Å²) in [5.74, 6) is -0.0406. The topological polar surface area (TPSA) is 37.4 Å². The molecule has 1 amide bonds. The van der Waals surface area contributed by atoms with Gasteiger partial charge in [0.25, 0.3) is 0 Å². The normalized spacial score (nSPS) is 25.1. The lowest BCUT2D eigenvalue weighted by Gasteiger charge is -2.51. The number of hydrogen-bond acceptors (Lipinski definition) is 2. The third kappa shape index (κ3) is 4.33. The van der Waals surface area contributed by atoms with Crippen LogP contribution in [0.25, 0.3) is 0 Å². The Labute approximate surface area is 188 Å².